The van der Waals surface area contributed by atoms with Gasteiger partial charge in [-0.2, -0.15) is 0 Å². The van der Waals surface area contributed by atoms with E-state index in [1.807, 2.05) is 62.4 Å². The lowest BCUT2D eigenvalue weighted by Crippen LogP contribution is -2.05. The van der Waals surface area contributed by atoms with Crippen LogP contribution in [0.15, 0.2) is 65.1 Å². The van der Waals surface area contributed by atoms with Gasteiger partial charge in [0.05, 0.1) is 18.2 Å². The van der Waals surface area contributed by atoms with Gasteiger partial charge in [0.15, 0.2) is 5.78 Å². The van der Waals surface area contributed by atoms with Crippen LogP contribution in [0.25, 0.3) is 0 Å². The maximum absolute atomic E-state index is 12.8. The summed E-state index contributed by atoms with van der Waals surface area (Å²) in [6.07, 6.45) is 0. The molecule has 0 spiro atoms. The van der Waals surface area contributed by atoms with Crippen molar-refractivity contribution >= 4 is 44.7 Å². The van der Waals surface area contributed by atoms with E-state index in [9.17, 15) is 4.79 Å². The molecule has 0 atom stereocenters. The Labute approximate surface area is 178 Å². The molecule has 0 amide bonds. The van der Waals surface area contributed by atoms with Crippen LogP contribution in [0.2, 0.25) is 5.02 Å². The number of ether oxygens (including phenoxy) is 1. The third-order valence-electron chi connectivity index (χ3n) is 4.36. The summed E-state index contributed by atoms with van der Waals surface area (Å²) in [6.45, 7) is 5.88. The van der Waals surface area contributed by atoms with Crippen LogP contribution < -0.4 is 5.32 Å². The lowest BCUT2D eigenvalue weighted by Gasteiger charge is -2.14. The predicted molar refractivity (Wildman–Crippen MR) is 118 cm³/mol. The number of ketones is 1. The smallest absolute Gasteiger partial charge is 0.194 e. The minimum absolute atomic E-state index is 0.0779. The van der Waals surface area contributed by atoms with Crippen LogP contribution in [-0.2, 0) is 11.3 Å². The van der Waals surface area contributed by atoms with Gasteiger partial charge in [0.25, 0.3) is 0 Å². The summed E-state index contributed by atoms with van der Waals surface area (Å²) in [4.78, 5) is 12.8. The fourth-order valence-electron chi connectivity index (χ4n) is 2.88. The highest BCUT2D eigenvalue weighted by atomic mass is 79.9. The first kappa shape index (κ1) is 20.6. The Balaban J connectivity index is 1.86. The zero-order valence-corrected chi connectivity index (χ0v) is 18.0. The molecule has 0 aliphatic rings. The number of rotatable bonds is 7. The Bertz CT molecular complexity index is 1000. The molecule has 0 unspecified atom stereocenters. The predicted octanol–water partition coefficient (Wildman–Crippen LogP) is 7.08. The molecule has 0 fully saturated rings. The molecule has 3 aromatic carbocycles. The van der Waals surface area contributed by atoms with Crippen LogP contribution in [0.4, 0.5) is 11.4 Å². The molecule has 28 heavy (non-hydrogen) atoms. The van der Waals surface area contributed by atoms with Crippen molar-refractivity contribution < 1.29 is 9.53 Å². The summed E-state index contributed by atoms with van der Waals surface area (Å²) in [6, 6.07) is 18.8. The summed E-state index contributed by atoms with van der Waals surface area (Å²) >= 11 is 9.93. The number of nitrogens with one attached hydrogen (secondary N) is 1. The van der Waals surface area contributed by atoms with Gasteiger partial charge in [-0.3, -0.25) is 4.79 Å². The highest BCUT2D eigenvalue weighted by Crippen LogP contribution is 2.29. The number of carbonyl (C=O) groups excluding carboxylic acids is 1. The number of anilines is 2. The first-order chi connectivity index (χ1) is 13.5. The summed E-state index contributed by atoms with van der Waals surface area (Å²) in [5.74, 6) is -0.0779. The largest absolute Gasteiger partial charge is 0.371 e. The number of benzene rings is 3. The lowest BCUT2D eigenvalue weighted by molar-refractivity contribution is 0.103. The van der Waals surface area contributed by atoms with Crippen molar-refractivity contribution in [3.63, 3.8) is 0 Å². The molecular weight excluding hydrogens is 438 g/mol. The fourth-order valence-corrected chi connectivity index (χ4v) is 3.56. The molecule has 0 aliphatic heterocycles. The summed E-state index contributed by atoms with van der Waals surface area (Å²) in [5.41, 5.74) is 4.80. The van der Waals surface area contributed by atoms with Crippen LogP contribution >= 0.6 is 27.5 Å². The van der Waals surface area contributed by atoms with Crippen molar-refractivity contribution in [1.82, 2.24) is 0 Å². The maximum Gasteiger partial charge on any atom is 0.194 e. The first-order valence-corrected chi connectivity index (χ1v) is 10.0. The Morgan fingerprint density at radius 3 is 2.61 bits per heavy atom. The molecule has 0 bridgehead atoms. The van der Waals surface area contributed by atoms with E-state index < -0.39 is 0 Å². The van der Waals surface area contributed by atoms with Gasteiger partial charge in [0.1, 0.15) is 0 Å². The minimum atomic E-state index is -0.0779. The Morgan fingerprint density at radius 1 is 1.11 bits per heavy atom. The first-order valence-electron chi connectivity index (χ1n) is 8.84. The second-order valence-electron chi connectivity index (χ2n) is 6.31. The van der Waals surface area contributed by atoms with E-state index >= 15 is 0 Å². The molecule has 0 saturated carbocycles. The van der Waals surface area contributed by atoms with E-state index in [1.54, 1.807) is 18.7 Å². The van der Waals surface area contributed by atoms with Gasteiger partial charge in [-0.1, -0.05) is 51.8 Å². The standard InChI is InChI=1S/C23H20BrClNO2/c1-3-28-14-16-12-17(24)8-11-22(16)26-18-9-10-20(21(25)13-18)23(27)19-7-5-4-6-15(19)2/h3-13,26H,14H2,1-2H3. The molecule has 3 aromatic rings. The van der Waals surface area contributed by atoms with E-state index in [1.165, 1.54) is 0 Å². The van der Waals surface area contributed by atoms with E-state index in [0.29, 0.717) is 22.8 Å². The molecule has 3 rings (SSSR count). The van der Waals surface area contributed by atoms with Gasteiger partial charge in [0, 0.05) is 32.5 Å². The van der Waals surface area contributed by atoms with Crippen LogP contribution in [0.1, 0.15) is 34.0 Å². The highest BCUT2D eigenvalue weighted by Gasteiger charge is 2.15. The third kappa shape index (κ3) is 4.82. The number of hydrogen-bond acceptors (Lipinski definition) is 3. The summed E-state index contributed by atoms with van der Waals surface area (Å²) < 4.78 is 6.41. The summed E-state index contributed by atoms with van der Waals surface area (Å²) in [7, 11) is 0. The summed E-state index contributed by atoms with van der Waals surface area (Å²) in [5, 5.41) is 3.77. The van der Waals surface area contributed by atoms with Crippen LogP contribution in [-0.4, -0.2) is 5.78 Å². The zero-order chi connectivity index (χ0) is 20.1. The van der Waals surface area contributed by atoms with Crippen molar-refractivity contribution in [2.45, 2.75) is 20.5 Å². The van der Waals surface area contributed by atoms with E-state index in [2.05, 4.69) is 21.2 Å². The monoisotopic (exact) mass is 456 g/mol. The van der Waals surface area contributed by atoms with E-state index in [4.69, 9.17) is 16.3 Å². The Kier molecular flexibility index (Phi) is 6.89. The topological polar surface area (TPSA) is 38.3 Å². The van der Waals surface area contributed by atoms with Crippen molar-refractivity contribution in [2.24, 2.45) is 0 Å². The van der Waals surface area contributed by atoms with Crippen molar-refractivity contribution in [3.8, 4) is 0 Å². The lowest BCUT2D eigenvalue weighted by atomic mass is 9.99. The molecule has 143 valence electrons. The molecule has 0 heterocycles. The van der Waals surface area contributed by atoms with Crippen molar-refractivity contribution in [3.05, 3.63) is 99.0 Å². The quantitative estimate of drug-likeness (QED) is 0.385. The Morgan fingerprint density at radius 2 is 1.89 bits per heavy atom. The average molecular weight is 458 g/mol. The molecule has 0 saturated heterocycles. The van der Waals surface area contributed by atoms with Gasteiger partial charge < -0.3 is 10.1 Å². The highest BCUT2D eigenvalue weighted by molar-refractivity contribution is 9.10. The van der Waals surface area contributed by atoms with Gasteiger partial charge in [-0.05, 0) is 55.8 Å². The number of hydrogen-bond donors (Lipinski definition) is 1. The number of aryl methyl sites for hydroxylation is 1. The van der Waals surface area contributed by atoms with E-state index in [0.717, 1.165) is 27.0 Å². The number of carbonyl (C=O) groups is 1. The maximum atomic E-state index is 12.8. The van der Waals surface area contributed by atoms with Gasteiger partial charge in [-0.25, -0.2) is 0 Å². The zero-order valence-electron chi connectivity index (χ0n) is 15.6. The van der Waals surface area contributed by atoms with Gasteiger partial charge >= 0.3 is 0 Å². The van der Waals surface area contributed by atoms with Gasteiger partial charge in [-0.15, -0.1) is 0 Å². The molecule has 3 nitrogen and oxygen atoms in total. The fraction of sp³-hybridized carbons (Fsp3) is 0.130. The van der Waals surface area contributed by atoms with Crippen LogP contribution in [0.3, 0.4) is 0 Å². The third-order valence-corrected chi connectivity index (χ3v) is 5.16. The number of halogens is 2. The minimum Gasteiger partial charge on any atom is -0.371 e. The molecule has 0 aliphatic carbocycles. The SMILES string of the molecule is C[CH]OCc1cc(Br)ccc1Nc1ccc(C(=O)c2ccccc2C)c(Cl)c1. The molecular formula is C23H20BrClNO2. The molecule has 0 aromatic heterocycles. The average Bonchev–Trinajstić information content (AvgIpc) is 2.68. The van der Waals surface area contributed by atoms with Crippen LogP contribution in [0, 0.1) is 13.5 Å². The second-order valence-corrected chi connectivity index (χ2v) is 7.63. The second kappa shape index (κ2) is 9.37. The van der Waals surface area contributed by atoms with Crippen molar-refractivity contribution in [2.75, 3.05) is 5.32 Å². The normalized spacial score (nSPS) is 10.7. The van der Waals surface area contributed by atoms with Gasteiger partial charge in [0.2, 0.25) is 0 Å². The van der Waals surface area contributed by atoms with Crippen molar-refractivity contribution in [1.29, 1.82) is 0 Å². The van der Waals surface area contributed by atoms with E-state index in [-0.39, 0.29) is 5.78 Å². The Hall–Kier alpha value is -2.14. The van der Waals surface area contributed by atoms with Crippen LogP contribution in [0.5, 0.6) is 0 Å². The molecule has 5 heteroatoms. The molecule has 1 N–H and O–H groups in total. The molecule has 1 radical (unpaired) electrons.